The van der Waals surface area contributed by atoms with Crippen molar-refractivity contribution in [3.8, 4) is 0 Å². The van der Waals surface area contributed by atoms with Gasteiger partial charge in [-0.3, -0.25) is 0 Å². The summed E-state index contributed by atoms with van der Waals surface area (Å²) >= 11 is 0. The van der Waals surface area contributed by atoms with E-state index in [9.17, 15) is 9.18 Å². The maximum absolute atomic E-state index is 14.3. The summed E-state index contributed by atoms with van der Waals surface area (Å²) in [6, 6.07) is 3.40. The topological polar surface area (TPSA) is 50.4 Å². The number of carbonyl (C=O) groups excluding carboxylic acids is 1. The predicted octanol–water partition coefficient (Wildman–Crippen LogP) is 3.18. The molecule has 3 rings (SSSR count). The Bertz CT molecular complexity index is 539. The van der Waals surface area contributed by atoms with Crippen LogP contribution in [0.25, 0.3) is 0 Å². The van der Waals surface area contributed by atoms with Gasteiger partial charge in [0, 0.05) is 19.3 Å². The molecule has 0 saturated heterocycles. The molecule has 21 heavy (non-hydrogen) atoms. The number of halogens is 1. The first-order chi connectivity index (χ1) is 10.2. The summed E-state index contributed by atoms with van der Waals surface area (Å²) in [7, 11) is 1.56. The van der Waals surface area contributed by atoms with Crippen molar-refractivity contribution in [2.24, 2.45) is 0 Å². The number of nitrogens with one attached hydrogen (secondary N) is 2. The minimum Gasteiger partial charge on any atom is -0.446 e. The summed E-state index contributed by atoms with van der Waals surface area (Å²) in [6.45, 7) is 0.890. The van der Waals surface area contributed by atoms with Crippen LogP contribution in [0.3, 0.4) is 0 Å². The zero-order valence-electron chi connectivity index (χ0n) is 12.2. The fourth-order valence-electron chi connectivity index (χ4n) is 3.51. The van der Waals surface area contributed by atoms with E-state index in [4.69, 9.17) is 4.74 Å². The molecule has 1 aromatic rings. The predicted molar refractivity (Wildman–Crippen MR) is 79.1 cm³/mol. The van der Waals surface area contributed by atoms with Gasteiger partial charge < -0.3 is 15.4 Å². The van der Waals surface area contributed by atoms with Crippen LogP contribution in [0.4, 0.5) is 14.9 Å². The van der Waals surface area contributed by atoms with Crippen LogP contribution >= 0.6 is 0 Å². The van der Waals surface area contributed by atoms with Crippen LogP contribution in [-0.2, 0) is 11.2 Å². The standard InChI is InChI=1S/C16H21FN2O2/c1-18-16(20)21-11-4-2-10(3-5-11)15-12-8-9-19-14(12)7-6-13(15)17/h6-7,10-11,19H,2-5,8-9H2,1H3,(H,18,20). The van der Waals surface area contributed by atoms with Gasteiger partial charge >= 0.3 is 6.09 Å². The van der Waals surface area contributed by atoms with Crippen LogP contribution in [0.1, 0.15) is 42.7 Å². The monoisotopic (exact) mass is 292 g/mol. The maximum atomic E-state index is 14.3. The molecule has 0 spiro atoms. The van der Waals surface area contributed by atoms with Crippen molar-refractivity contribution in [2.75, 3.05) is 18.9 Å². The van der Waals surface area contributed by atoms with Crippen LogP contribution in [0.2, 0.25) is 0 Å². The van der Waals surface area contributed by atoms with Crippen LogP contribution < -0.4 is 10.6 Å². The van der Waals surface area contributed by atoms with Gasteiger partial charge in [-0.2, -0.15) is 0 Å². The van der Waals surface area contributed by atoms with E-state index in [1.165, 1.54) is 0 Å². The smallest absolute Gasteiger partial charge is 0.407 e. The molecule has 0 atom stereocenters. The quantitative estimate of drug-likeness (QED) is 0.880. The van der Waals surface area contributed by atoms with Gasteiger partial charge in [0.05, 0.1) is 0 Å². The van der Waals surface area contributed by atoms with Crippen molar-refractivity contribution in [1.82, 2.24) is 5.32 Å². The summed E-state index contributed by atoms with van der Waals surface area (Å²) in [5, 5.41) is 5.77. The minimum absolute atomic E-state index is 0.0425. The van der Waals surface area contributed by atoms with Crippen molar-refractivity contribution in [3.05, 3.63) is 29.1 Å². The highest BCUT2D eigenvalue weighted by Gasteiger charge is 2.29. The molecular weight excluding hydrogens is 271 g/mol. The lowest BCUT2D eigenvalue weighted by molar-refractivity contribution is 0.0726. The zero-order valence-corrected chi connectivity index (χ0v) is 12.2. The Balaban J connectivity index is 1.70. The molecule has 1 aliphatic heterocycles. The molecule has 5 heteroatoms. The molecule has 2 aliphatic rings. The third-order valence-electron chi connectivity index (χ3n) is 4.55. The summed E-state index contributed by atoms with van der Waals surface area (Å²) in [5.41, 5.74) is 3.11. The van der Waals surface area contributed by atoms with Gasteiger partial charge in [0.1, 0.15) is 11.9 Å². The molecule has 0 aromatic heterocycles. The van der Waals surface area contributed by atoms with E-state index in [1.807, 2.05) is 6.07 Å². The molecule has 1 aliphatic carbocycles. The normalized spacial score (nSPS) is 24.1. The molecule has 0 radical (unpaired) electrons. The lowest BCUT2D eigenvalue weighted by Gasteiger charge is -2.29. The Hall–Kier alpha value is -1.78. The molecule has 1 saturated carbocycles. The number of rotatable bonds is 2. The Morgan fingerprint density at radius 2 is 2.10 bits per heavy atom. The Morgan fingerprint density at radius 3 is 2.81 bits per heavy atom. The van der Waals surface area contributed by atoms with Crippen LogP contribution in [0.15, 0.2) is 12.1 Å². The summed E-state index contributed by atoms with van der Waals surface area (Å²) < 4.78 is 19.6. The average molecular weight is 292 g/mol. The Kier molecular flexibility index (Phi) is 3.99. The van der Waals surface area contributed by atoms with E-state index in [-0.39, 0.29) is 23.9 Å². The number of ether oxygens (including phenoxy) is 1. The lowest BCUT2D eigenvalue weighted by atomic mass is 9.80. The average Bonchev–Trinajstić information content (AvgIpc) is 2.96. The van der Waals surface area contributed by atoms with Gasteiger partial charge in [0.25, 0.3) is 0 Å². The highest BCUT2D eigenvalue weighted by Crippen LogP contribution is 2.40. The molecule has 1 heterocycles. The first-order valence-corrected chi connectivity index (χ1v) is 7.62. The van der Waals surface area contributed by atoms with Crippen molar-refractivity contribution < 1.29 is 13.9 Å². The molecule has 2 N–H and O–H groups in total. The van der Waals surface area contributed by atoms with E-state index in [1.54, 1.807) is 13.1 Å². The molecule has 114 valence electrons. The second kappa shape index (κ2) is 5.92. The highest BCUT2D eigenvalue weighted by atomic mass is 19.1. The van der Waals surface area contributed by atoms with Gasteiger partial charge in [0.2, 0.25) is 0 Å². The molecule has 1 fully saturated rings. The molecular formula is C16H21FN2O2. The number of benzene rings is 1. The van der Waals surface area contributed by atoms with Crippen molar-refractivity contribution >= 4 is 11.8 Å². The number of carbonyl (C=O) groups is 1. The second-order valence-corrected chi connectivity index (χ2v) is 5.79. The SMILES string of the molecule is CNC(=O)OC1CCC(c2c(F)ccc3c2CCN3)CC1. The number of anilines is 1. The number of hydrogen-bond acceptors (Lipinski definition) is 3. The number of hydrogen-bond donors (Lipinski definition) is 2. The van der Waals surface area contributed by atoms with Crippen LogP contribution in [0, 0.1) is 5.82 Å². The summed E-state index contributed by atoms with van der Waals surface area (Å²) in [4.78, 5) is 11.2. The van der Waals surface area contributed by atoms with Gasteiger partial charge in [-0.05, 0) is 61.3 Å². The van der Waals surface area contributed by atoms with E-state index >= 15 is 0 Å². The summed E-state index contributed by atoms with van der Waals surface area (Å²) in [6.07, 6.45) is 3.82. The molecule has 0 unspecified atom stereocenters. The summed E-state index contributed by atoms with van der Waals surface area (Å²) in [5.74, 6) is 0.150. The van der Waals surface area contributed by atoms with E-state index in [2.05, 4.69) is 10.6 Å². The Labute approximate surface area is 124 Å². The number of fused-ring (bicyclic) bond motifs is 1. The number of amides is 1. The lowest BCUT2D eigenvalue weighted by Crippen LogP contribution is -2.29. The van der Waals surface area contributed by atoms with Crippen LogP contribution in [-0.4, -0.2) is 25.8 Å². The molecule has 1 amide bonds. The van der Waals surface area contributed by atoms with E-state index in [0.717, 1.165) is 55.5 Å². The van der Waals surface area contributed by atoms with Crippen molar-refractivity contribution in [1.29, 1.82) is 0 Å². The molecule has 0 bridgehead atoms. The largest absolute Gasteiger partial charge is 0.446 e. The zero-order chi connectivity index (χ0) is 14.8. The van der Waals surface area contributed by atoms with Gasteiger partial charge in [0.15, 0.2) is 0 Å². The van der Waals surface area contributed by atoms with E-state index < -0.39 is 0 Å². The number of alkyl carbamates (subject to hydrolysis) is 1. The first-order valence-electron chi connectivity index (χ1n) is 7.62. The third kappa shape index (κ3) is 2.82. The van der Waals surface area contributed by atoms with Crippen LogP contribution in [0.5, 0.6) is 0 Å². The fourth-order valence-corrected chi connectivity index (χ4v) is 3.51. The first kappa shape index (κ1) is 14.2. The second-order valence-electron chi connectivity index (χ2n) is 5.79. The van der Waals surface area contributed by atoms with Crippen molar-refractivity contribution in [3.63, 3.8) is 0 Å². The molecule has 4 nitrogen and oxygen atoms in total. The fraction of sp³-hybridized carbons (Fsp3) is 0.562. The molecule has 1 aromatic carbocycles. The minimum atomic E-state index is -0.380. The van der Waals surface area contributed by atoms with Gasteiger partial charge in [-0.15, -0.1) is 0 Å². The van der Waals surface area contributed by atoms with Crippen molar-refractivity contribution in [2.45, 2.75) is 44.1 Å². The maximum Gasteiger partial charge on any atom is 0.407 e. The Morgan fingerprint density at radius 1 is 1.33 bits per heavy atom. The van der Waals surface area contributed by atoms with E-state index in [0.29, 0.717) is 0 Å². The third-order valence-corrected chi connectivity index (χ3v) is 4.55. The van der Waals surface area contributed by atoms with Gasteiger partial charge in [-0.25, -0.2) is 9.18 Å². The van der Waals surface area contributed by atoms with Gasteiger partial charge in [-0.1, -0.05) is 0 Å². The highest BCUT2D eigenvalue weighted by molar-refractivity contribution is 5.66.